The Balaban J connectivity index is 2.70. The van der Waals surface area contributed by atoms with Crippen LogP contribution in [0.5, 0.6) is 5.75 Å². The fraction of sp³-hybridized carbons (Fsp3) is 0.417. The van der Waals surface area contributed by atoms with Gasteiger partial charge in [-0.05, 0) is 44.5 Å². The summed E-state index contributed by atoms with van der Waals surface area (Å²) >= 11 is 0. The molecule has 0 unspecified atom stereocenters. The Hall–Kier alpha value is -1.62. The number of hydrogen-bond donors (Lipinski definition) is 2. The molecule has 0 fully saturated rings. The van der Waals surface area contributed by atoms with Crippen LogP contribution in [-0.2, 0) is 4.79 Å². The second-order valence-corrected chi connectivity index (χ2v) is 4.56. The maximum atomic E-state index is 12.9. The summed E-state index contributed by atoms with van der Waals surface area (Å²) in [5.41, 5.74) is 2.03. The molecule has 0 radical (unpaired) electrons. The molecule has 1 aromatic carbocycles. The number of rotatable bonds is 4. The Morgan fingerprint density at radius 3 is 2.71 bits per heavy atom. The molecule has 1 amide bonds. The number of nitrogens with one attached hydrogen (secondary N) is 1. The largest absolute Gasteiger partial charge is 0.492 e. The van der Waals surface area contributed by atoms with Gasteiger partial charge in [-0.15, -0.1) is 0 Å². The summed E-state index contributed by atoms with van der Waals surface area (Å²) in [7, 11) is 0. The summed E-state index contributed by atoms with van der Waals surface area (Å²) in [6.45, 7) is 5.35. The summed E-state index contributed by atoms with van der Waals surface area (Å²) in [6.07, 6.45) is 0. The number of ether oxygens (including phenoxy) is 1. The lowest BCUT2D eigenvalue weighted by Gasteiger charge is -2.23. The highest BCUT2D eigenvalue weighted by Crippen LogP contribution is 2.22. The lowest BCUT2D eigenvalue weighted by Crippen LogP contribution is -2.44. The predicted molar refractivity (Wildman–Crippen MR) is 62.7 cm³/mol. The molecular weight excluding hydrogens is 223 g/mol. The molecule has 0 aliphatic heterocycles. The first-order chi connectivity index (χ1) is 7.86. The molecule has 0 aliphatic rings. The van der Waals surface area contributed by atoms with Gasteiger partial charge in [-0.25, -0.2) is 10.2 Å². The summed E-state index contributed by atoms with van der Waals surface area (Å²) in [5, 5.41) is 0. The highest BCUT2D eigenvalue weighted by molar-refractivity contribution is 5.81. The molecule has 4 nitrogen and oxygen atoms in total. The first-order valence-corrected chi connectivity index (χ1v) is 5.27. The molecule has 0 bridgehead atoms. The molecular formula is C12H17FN2O2. The maximum absolute atomic E-state index is 12.9. The monoisotopic (exact) mass is 240 g/mol. The van der Waals surface area contributed by atoms with Crippen molar-refractivity contribution >= 4 is 5.91 Å². The van der Waals surface area contributed by atoms with E-state index in [1.54, 1.807) is 26.8 Å². The number of aryl methyl sites for hydroxylation is 1. The first-order valence-electron chi connectivity index (χ1n) is 5.27. The number of halogens is 1. The number of hydrogen-bond acceptors (Lipinski definition) is 3. The van der Waals surface area contributed by atoms with E-state index in [0.717, 1.165) is 0 Å². The van der Waals surface area contributed by atoms with E-state index < -0.39 is 5.41 Å². The Labute approximate surface area is 99.9 Å². The SMILES string of the molecule is Cc1cc(F)ccc1OCC(C)(C)C(=O)NN. The minimum atomic E-state index is -0.740. The average Bonchev–Trinajstić information content (AvgIpc) is 2.26. The van der Waals surface area contributed by atoms with Crippen molar-refractivity contribution in [1.82, 2.24) is 5.43 Å². The Morgan fingerprint density at radius 1 is 1.53 bits per heavy atom. The fourth-order valence-corrected chi connectivity index (χ4v) is 1.29. The van der Waals surface area contributed by atoms with Crippen molar-refractivity contribution in [3.63, 3.8) is 0 Å². The smallest absolute Gasteiger partial charge is 0.242 e. The highest BCUT2D eigenvalue weighted by atomic mass is 19.1. The number of nitrogens with two attached hydrogens (primary N) is 1. The van der Waals surface area contributed by atoms with Crippen molar-refractivity contribution in [2.45, 2.75) is 20.8 Å². The van der Waals surface area contributed by atoms with E-state index in [1.165, 1.54) is 12.1 Å². The van der Waals surface area contributed by atoms with Crippen LogP contribution in [0.15, 0.2) is 18.2 Å². The van der Waals surface area contributed by atoms with Crippen molar-refractivity contribution in [2.24, 2.45) is 11.3 Å². The van der Waals surface area contributed by atoms with Crippen molar-refractivity contribution < 1.29 is 13.9 Å². The molecule has 0 atom stereocenters. The third kappa shape index (κ3) is 3.42. The quantitative estimate of drug-likeness (QED) is 0.476. The number of benzene rings is 1. The fourth-order valence-electron chi connectivity index (χ4n) is 1.29. The van der Waals surface area contributed by atoms with Crippen LogP contribution in [0.25, 0.3) is 0 Å². The molecule has 0 aliphatic carbocycles. The van der Waals surface area contributed by atoms with Gasteiger partial charge in [0.25, 0.3) is 0 Å². The molecule has 1 rings (SSSR count). The molecule has 0 saturated heterocycles. The number of hydrazine groups is 1. The first kappa shape index (κ1) is 13.4. The van der Waals surface area contributed by atoms with E-state index in [4.69, 9.17) is 10.6 Å². The molecule has 1 aromatic rings. The van der Waals surface area contributed by atoms with Crippen LogP contribution in [-0.4, -0.2) is 12.5 Å². The second-order valence-electron chi connectivity index (χ2n) is 4.56. The summed E-state index contributed by atoms with van der Waals surface area (Å²) in [5.74, 6) is 5.01. The zero-order chi connectivity index (χ0) is 13.1. The van der Waals surface area contributed by atoms with Gasteiger partial charge in [-0.1, -0.05) is 0 Å². The van der Waals surface area contributed by atoms with E-state index in [1.807, 2.05) is 0 Å². The minimum Gasteiger partial charge on any atom is -0.492 e. The highest BCUT2D eigenvalue weighted by Gasteiger charge is 2.28. The van der Waals surface area contributed by atoms with E-state index >= 15 is 0 Å². The molecule has 0 spiro atoms. The van der Waals surface area contributed by atoms with Crippen molar-refractivity contribution in [3.05, 3.63) is 29.6 Å². The third-order valence-electron chi connectivity index (χ3n) is 2.47. The van der Waals surface area contributed by atoms with E-state index in [0.29, 0.717) is 11.3 Å². The van der Waals surface area contributed by atoms with Crippen LogP contribution in [0.2, 0.25) is 0 Å². The van der Waals surface area contributed by atoms with E-state index in [-0.39, 0.29) is 18.3 Å². The predicted octanol–water partition coefficient (Wildman–Crippen LogP) is 1.53. The van der Waals surface area contributed by atoms with Crippen LogP contribution in [0.4, 0.5) is 4.39 Å². The molecule has 0 aromatic heterocycles. The van der Waals surface area contributed by atoms with Crippen LogP contribution in [0.3, 0.4) is 0 Å². The van der Waals surface area contributed by atoms with E-state index in [2.05, 4.69) is 5.43 Å². The number of carbonyl (C=O) groups is 1. The standard InChI is InChI=1S/C12H17FN2O2/c1-8-6-9(13)4-5-10(8)17-7-12(2,3)11(16)15-14/h4-6H,7,14H2,1-3H3,(H,15,16). The minimum absolute atomic E-state index is 0.169. The van der Waals surface area contributed by atoms with Gasteiger partial charge in [-0.3, -0.25) is 10.2 Å². The van der Waals surface area contributed by atoms with Gasteiger partial charge in [0.1, 0.15) is 18.2 Å². The lowest BCUT2D eigenvalue weighted by atomic mass is 9.94. The maximum Gasteiger partial charge on any atom is 0.242 e. The van der Waals surface area contributed by atoms with Crippen LogP contribution >= 0.6 is 0 Å². The van der Waals surface area contributed by atoms with E-state index in [9.17, 15) is 9.18 Å². The zero-order valence-electron chi connectivity index (χ0n) is 10.2. The van der Waals surface area contributed by atoms with Gasteiger partial charge in [-0.2, -0.15) is 0 Å². The van der Waals surface area contributed by atoms with Crippen molar-refractivity contribution in [2.75, 3.05) is 6.61 Å². The van der Waals surface area contributed by atoms with Gasteiger partial charge in [0.05, 0.1) is 5.41 Å². The Kier molecular flexibility index (Phi) is 4.07. The molecule has 0 heterocycles. The summed E-state index contributed by atoms with van der Waals surface area (Å²) in [4.78, 5) is 11.4. The van der Waals surface area contributed by atoms with Gasteiger partial charge >= 0.3 is 0 Å². The molecule has 94 valence electrons. The lowest BCUT2D eigenvalue weighted by molar-refractivity contribution is -0.130. The third-order valence-corrected chi connectivity index (χ3v) is 2.47. The van der Waals surface area contributed by atoms with Crippen LogP contribution in [0, 0.1) is 18.2 Å². The van der Waals surface area contributed by atoms with Gasteiger partial charge in [0, 0.05) is 0 Å². The zero-order valence-corrected chi connectivity index (χ0v) is 10.2. The number of amides is 1. The normalized spacial score (nSPS) is 11.1. The summed E-state index contributed by atoms with van der Waals surface area (Å²) < 4.78 is 18.4. The van der Waals surface area contributed by atoms with Crippen LogP contribution < -0.4 is 16.0 Å². The topological polar surface area (TPSA) is 64.3 Å². The van der Waals surface area contributed by atoms with Crippen molar-refractivity contribution in [1.29, 1.82) is 0 Å². The molecule has 3 N–H and O–H groups in total. The van der Waals surface area contributed by atoms with Gasteiger partial charge in [0.15, 0.2) is 0 Å². The van der Waals surface area contributed by atoms with Crippen LogP contribution in [0.1, 0.15) is 19.4 Å². The second kappa shape index (κ2) is 5.14. The Morgan fingerprint density at radius 2 is 2.18 bits per heavy atom. The average molecular weight is 240 g/mol. The number of carbonyl (C=O) groups excluding carboxylic acids is 1. The molecule has 17 heavy (non-hydrogen) atoms. The Bertz CT molecular complexity index is 419. The molecule has 5 heteroatoms. The van der Waals surface area contributed by atoms with Gasteiger partial charge < -0.3 is 4.74 Å². The molecule has 0 saturated carbocycles. The van der Waals surface area contributed by atoms with Crippen molar-refractivity contribution in [3.8, 4) is 5.75 Å². The van der Waals surface area contributed by atoms with Gasteiger partial charge in [0.2, 0.25) is 5.91 Å². The summed E-state index contributed by atoms with van der Waals surface area (Å²) in [6, 6.07) is 4.24.